The van der Waals surface area contributed by atoms with Crippen LogP contribution in [-0.4, -0.2) is 15.0 Å². The zero-order valence-corrected chi connectivity index (χ0v) is 3.98. The largest absolute Gasteiger partial charge is 0.297 e. The van der Waals surface area contributed by atoms with Gasteiger partial charge in [-0.15, -0.1) is 0 Å². The molecule has 26 valence electrons. The molecule has 4 heavy (non-hydrogen) atoms. The Hall–Kier alpha value is 0.137. The molecule has 0 unspecified atom stereocenters. The monoisotopic (exact) mass is 78.0 g/mol. The van der Waals surface area contributed by atoms with Crippen molar-refractivity contribution in [3.05, 3.63) is 0 Å². The standard InChI is InChI=1S/CH6O2Si/c1-4-3-2/h2H,4H2,1H3. The molecule has 0 radical (unpaired) electrons. The second kappa shape index (κ2) is 3.14. The summed E-state index contributed by atoms with van der Waals surface area (Å²) in [7, 11) is -0.520. The van der Waals surface area contributed by atoms with Crippen LogP contribution in [0, 0.1) is 0 Å². The summed E-state index contributed by atoms with van der Waals surface area (Å²) in [6.45, 7) is 1.85. The molecule has 0 aromatic heterocycles. The van der Waals surface area contributed by atoms with Crippen LogP contribution in [-0.2, 0) is 4.58 Å². The van der Waals surface area contributed by atoms with Crippen LogP contribution >= 0.6 is 0 Å². The molecule has 0 spiro atoms. The molecule has 0 rings (SSSR count). The second-order valence-electron chi connectivity index (χ2n) is 0.418. The zero-order valence-electron chi connectivity index (χ0n) is 2.56. The molecule has 3 heteroatoms. The van der Waals surface area contributed by atoms with E-state index in [1.165, 1.54) is 0 Å². The van der Waals surface area contributed by atoms with E-state index in [1.807, 2.05) is 6.55 Å². The van der Waals surface area contributed by atoms with Crippen LogP contribution in [0.4, 0.5) is 0 Å². The summed E-state index contributed by atoms with van der Waals surface area (Å²) in [5.74, 6) is 0. The van der Waals surface area contributed by atoms with Gasteiger partial charge < -0.3 is 0 Å². The Bertz CT molecular complexity index is 8.00. The van der Waals surface area contributed by atoms with E-state index in [2.05, 4.69) is 4.58 Å². The predicted octanol–water partition coefficient (Wildman–Crippen LogP) is -0.392. The lowest BCUT2D eigenvalue weighted by atomic mass is 11.9. The highest BCUT2D eigenvalue weighted by Crippen LogP contribution is 1.46. The van der Waals surface area contributed by atoms with E-state index in [0.29, 0.717) is 0 Å². The molecule has 0 atom stereocenters. The SMILES string of the molecule is C[SiH2]OO. The van der Waals surface area contributed by atoms with Crippen molar-refractivity contribution in [3.8, 4) is 0 Å². The number of hydrogen-bond acceptors (Lipinski definition) is 2. The van der Waals surface area contributed by atoms with Gasteiger partial charge in [-0.25, -0.2) is 0 Å². The Labute approximate surface area is 27.3 Å². The lowest BCUT2D eigenvalue weighted by Crippen LogP contribution is -1.80. The molecular weight excluding hydrogens is 72.1 g/mol. The first-order chi connectivity index (χ1) is 1.91. The van der Waals surface area contributed by atoms with Crippen LogP contribution in [0.3, 0.4) is 0 Å². The van der Waals surface area contributed by atoms with E-state index < -0.39 is 9.76 Å². The van der Waals surface area contributed by atoms with Crippen molar-refractivity contribution in [2.24, 2.45) is 0 Å². The first kappa shape index (κ1) is 4.14. The Morgan fingerprint density at radius 3 is 2.25 bits per heavy atom. The van der Waals surface area contributed by atoms with Crippen molar-refractivity contribution in [3.63, 3.8) is 0 Å². The van der Waals surface area contributed by atoms with E-state index >= 15 is 0 Å². The van der Waals surface area contributed by atoms with Crippen molar-refractivity contribution in [1.82, 2.24) is 0 Å². The third-order valence-electron chi connectivity index (χ3n) is 0.129. The summed E-state index contributed by atoms with van der Waals surface area (Å²) in [6, 6.07) is 0. The van der Waals surface area contributed by atoms with Crippen LogP contribution in [0.15, 0.2) is 0 Å². The molecule has 0 saturated carbocycles. The summed E-state index contributed by atoms with van der Waals surface area (Å²) in [4.78, 5) is 0. The topological polar surface area (TPSA) is 29.5 Å². The Kier molecular flexibility index (Phi) is 3.24. The van der Waals surface area contributed by atoms with Crippen LogP contribution < -0.4 is 0 Å². The smallest absolute Gasteiger partial charge is 0.205 e. The highest BCUT2D eigenvalue weighted by Gasteiger charge is 1.58. The molecule has 0 aromatic rings. The molecule has 0 bridgehead atoms. The highest BCUT2D eigenvalue weighted by atomic mass is 28.2. The minimum Gasteiger partial charge on any atom is -0.297 e. The van der Waals surface area contributed by atoms with E-state index in [1.54, 1.807) is 0 Å². The third kappa shape index (κ3) is 2.14. The Balaban J connectivity index is 1.97. The predicted molar refractivity (Wildman–Crippen MR) is 18.1 cm³/mol. The summed E-state index contributed by atoms with van der Waals surface area (Å²) < 4.78 is 3.68. The van der Waals surface area contributed by atoms with Gasteiger partial charge in [-0.1, -0.05) is 0 Å². The van der Waals surface area contributed by atoms with Crippen molar-refractivity contribution in [1.29, 1.82) is 0 Å². The van der Waals surface area contributed by atoms with Gasteiger partial charge in [0.2, 0.25) is 9.76 Å². The molecule has 0 saturated heterocycles. The van der Waals surface area contributed by atoms with Gasteiger partial charge in [0.25, 0.3) is 0 Å². The van der Waals surface area contributed by atoms with Gasteiger partial charge in [-0.2, -0.15) is 0 Å². The number of rotatable bonds is 1. The molecule has 0 aliphatic rings. The van der Waals surface area contributed by atoms with Gasteiger partial charge in [0.05, 0.1) is 0 Å². The summed E-state index contributed by atoms with van der Waals surface area (Å²) in [5, 5.41) is 7.44. The maximum absolute atomic E-state index is 7.44. The first-order valence-electron chi connectivity index (χ1n) is 1.18. The first-order valence-corrected chi connectivity index (χ1v) is 3.17. The van der Waals surface area contributed by atoms with Crippen molar-refractivity contribution >= 4 is 9.76 Å². The van der Waals surface area contributed by atoms with Gasteiger partial charge in [0.1, 0.15) is 0 Å². The highest BCUT2D eigenvalue weighted by molar-refractivity contribution is 6.24. The summed E-state index contributed by atoms with van der Waals surface area (Å²) in [6.07, 6.45) is 0. The van der Waals surface area contributed by atoms with Crippen molar-refractivity contribution in [2.75, 3.05) is 0 Å². The fourth-order valence-corrected chi connectivity index (χ4v) is 0. The van der Waals surface area contributed by atoms with Crippen LogP contribution in [0.5, 0.6) is 0 Å². The molecule has 0 fully saturated rings. The lowest BCUT2D eigenvalue weighted by Gasteiger charge is -1.73. The van der Waals surface area contributed by atoms with Crippen LogP contribution in [0.2, 0.25) is 6.55 Å². The van der Waals surface area contributed by atoms with Crippen molar-refractivity contribution in [2.45, 2.75) is 6.55 Å². The normalized spacial score (nSPS) is 10.5. The fourth-order valence-electron chi connectivity index (χ4n) is 0. The maximum atomic E-state index is 7.44. The van der Waals surface area contributed by atoms with Gasteiger partial charge in [-0.3, -0.25) is 9.83 Å². The van der Waals surface area contributed by atoms with E-state index in [0.717, 1.165) is 0 Å². The Morgan fingerprint density at radius 2 is 2.25 bits per heavy atom. The summed E-state index contributed by atoms with van der Waals surface area (Å²) in [5.41, 5.74) is 0. The molecule has 2 nitrogen and oxygen atoms in total. The molecular formula is CH6O2Si. The second-order valence-corrected chi connectivity index (χ2v) is 1.25. The molecule has 0 amide bonds. The average Bonchev–Trinajstić information content (AvgIpc) is 1.37. The van der Waals surface area contributed by atoms with E-state index in [9.17, 15) is 0 Å². The quantitative estimate of drug-likeness (QED) is 0.263. The van der Waals surface area contributed by atoms with Gasteiger partial charge >= 0.3 is 0 Å². The minimum absolute atomic E-state index is 0.520. The molecule has 0 aliphatic carbocycles. The maximum Gasteiger partial charge on any atom is 0.205 e. The minimum atomic E-state index is -0.520. The summed E-state index contributed by atoms with van der Waals surface area (Å²) >= 11 is 0. The zero-order chi connectivity index (χ0) is 3.41. The molecule has 0 aliphatic heterocycles. The van der Waals surface area contributed by atoms with Gasteiger partial charge in [0.15, 0.2) is 0 Å². The van der Waals surface area contributed by atoms with E-state index in [4.69, 9.17) is 5.26 Å². The fraction of sp³-hybridized carbons (Fsp3) is 1.00. The van der Waals surface area contributed by atoms with Gasteiger partial charge in [-0.05, 0) is 6.55 Å². The molecule has 0 heterocycles. The van der Waals surface area contributed by atoms with Crippen LogP contribution in [0.25, 0.3) is 0 Å². The molecule has 1 N–H and O–H groups in total. The Morgan fingerprint density at radius 1 is 2.00 bits per heavy atom. The number of hydrogen-bond donors (Lipinski definition) is 1. The average molecular weight is 78.1 g/mol. The lowest BCUT2D eigenvalue weighted by molar-refractivity contribution is -0.137. The van der Waals surface area contributed by atoms with Crippen LogP contribution in [0.1, 0.15) is 0 Å². The molecule has 0 aromatic carbocycles. The van der Waals surface area contributed by atoms with Crippen molar-refractivity contribution < 1.29 is 9.83 Å². The van der Waals surface area contributed by atoms with Gasteiger partial charge in [0, 0.05) is 0 Å². The van der Waals surface area contributed by atoms with E-state index in [-0.39, 0.29) is 0 Å². The third-order valence-corrected chi connectivity index (χ3v) is 0.387.